The summed E-state index contributed by atoms with van der Waals surface area (Å²) in [7, 11) is 0. The van der Waals surface area contributed by atoms with Gasteiger partial charge in [0, 0.05) is 15.5 Å². The molecule has 0 aliphatic carbocycles. The van der Waals surface area contributed by atoms with E-state index in [1.54, 1.807) is 0 Å². The van der Waals surface area contributed by atoms with Crippen LogP contribution in [0.25, 0.3) is 21.5 Å². The Labute approximate surface area is 168 Å². The van der Waals surface area contributed by atoms with Gasteiger partial charge in [-0.2, -0.15) is 0 Å². The second-order valence-corrected chi connectivity index (χ2v) is 8.15. The van der Waals surface area contributed by atoms with Gasteiger partial charge < -0.3 is 4.90 Å². The summed E-state index contributed by atoms with van der Waals surface area (Å²) in [6.07, 6.45) is 0. The molecule has 0 radical (unpaired) electrons. The van der Waals surface area contributed by atoms with Crippen LogP contribution in [0.5, 0.6) is 0 Å². The molecule has 0 N–H and O–H groups in total. The van der Waals surface area contributed by atoms with Crippen molar-refractivity contribution in [1.82, 2.24) is 0 Å². The molecule has 0 fully saturated rings. The highest BCUT2D eigenvalue weighted by atomic mass is 32.2. The predicted molar refractivity (Wildman–Crippen MR) is 120 cm³/mol. The summed E-state index contributed by atoms with van der Waals surface area (Å²) in [5, 5.41) is 5.16. The first-order valence-corrected chi connectivity index (χ1v) is 10.3. The second-order valence-electron chi connectivity index (χ2n) is 7.07. The third-order valence-electron chi connectivity index (χ3n) is 5.42. The van der Waals surface area contributed by atoms with Gasteiger partial charge in [0.15, 0.2) is 0 Å². The molecule has 0 atom stereocenters. The molecule has 0 unspecified atom stereocenters. The topological polar surface area (TPSA) is 3.24 Å². The summed E-state index contributed by atoms with van der Waals surface area (Å²) in [5.41, 5.74) is 3.68. The fraction of sp³-hybridized carbons (Fsp3) is 0. The average molecular weight is 375 g/mol. The molecular formula is C26H17NS. The van der Waals surface area contributed by atoms with Crippen LogP contribution >= 0.6 is 11.8 Å². The molecule has 1 aliphatic heterocycles. The number of hydrogen-bond donors (Lipinski definition) is 0. The fourth-order valence-electron chi connectivity index (χ4n) is 4.12. The second kappa shape index (κ2) is 6.15. The van der Waals surface area contributed by atoms with Crippen molar-refractivity contribution in [2.75, 3.05) is 4.90 Å². The van der Waals surface area contributed by atoms with Crippen molar-refractivity contribution in [2.45, 2.75) is 9.79 Å². The molecule has 5 aromatic carbocycles. The molecule has 5 aromatic rings. The minimum atomic E-state index is 1.20. The Morgan fingerprint density at radius 2 is 1.11 bits per heavy atom. The van der Waals surface area contributed by atoms with Crippen LogP contribution in [0, 0.1) is 0 Å². The number of anilines is 3. The molecule has 2 heteroatoms. The number of hydrogen-bond acceptors (Lipinski definition) is 2. The minimum absolute atomic E-state index is 1.20. The lowest BCUT2D eigenvalue weighted by Gasteiger charge is -2.33. The lowest BCUT2D eigenvalue weighted by atomic mass is 10.0. The summed E-state index contributed by atoms with van der Waals surface area (Å²) in [6.45, 7) is 0. The number of fused-ring (bicyclic) bond motifs is 5. The maximum atomic E-state index is 2.38. The highest BCUT2D eigenvalue weighted by molar-refractivity contribution is 7.99. The van der Waals surface area contributed by atoms with Crippen LogP contribution < -0.4 is 4.90 Å². The lowest BCUT2D eigenvalue weighted by molar-refractivity contribution is 1.17. The van der Waals surface area contributed by atoms with Gasteiger partial charge >= 0.3 is 0 Å². The van der Waals surface area contributed by atoms with E-state index < -0.39 is 0 Å². The highest BCUT2D eigenvalue weighted by Crippen LogP contribution is 2.51. The number of para-hydroxylation sites is 2. The molecule has 0 saturated carbocycles. The molecule has 1 heterocycles. The SMILES string of the molecule is c1ccc2c(c1)Sc1ccccc1N2c1ccc2c(ccc3ccccc32)c1. The molecule has 0 aromatic heterocycles. The van der Waals surface area contributed by atoms with Crippen LogP contribution in [0.4, 0.5) is 17.1 Å². The minimum Gasteiger partial charge on any atom is -0.308 e. The zero-order valence-corrected chi connectivity index (χ0v) is 16.0. The normalized spacial score (nSPS) is 12.8. The van der Waals surface area contributed by atoms with Crippen LogP contribution in [-0.4, -0.2) is 0 Å². The smallest absolute Gasteiger partial charge is 0.0601 e. The molecule has 0 saturated heterocycles. The van der Waals surface area contributed by atoms with E-state index in [1.165, 1.54) is 48.4 Å². The quantitative estimate of drug-likeness (QED) is 0.268. The molecule has 6 rings (SSSR count). The Hall–Kier alpha value is -3.23. The summed E-state index contributed by atoms with van der Waals surface area (Å²) in [6, 6.07) is 37.2. The van der Waals surface area contributed by atoms with E-state index in [1.807, 2.05) is 11.8 Å². The Kier molecular flexibility index (Phi) is 3.47. The van der Waals surface area contributed by atoms with Gasteiger partial charge in [-0.05, 0) is 57.9 Å². The van der Waals surface area contributed by atoms with Crippen molar-refractivity contribution in [1.29, 1.82) is 0 Å². The zero-order chi connectivity index (χ0) is 18.5. The first-order chi connectivity index (χ1) is 13.9. The number of benzene rings is 5. The van der Waals surface area contributed by atoms with Gasteiger partial charge in [-0.25, -0.2) is 0 Å². The van der Waals surface area contributed by atoms with E-state index >= 15 is 0 Å². The summed E-state index contributed by atoms with van der Waals surface area (Å²) < 4.78 is 0. The monoisotopic (exact) mass is 375 g/mol. The van der Waals surface area contributed by atoms with Crippen molar-refractivity contribution >= 4 is 50.4 Å². The van der Waals surface area contributed by atoms with Gasteiger partial charge in [0.1, 0.15) is 0 Å². The van der Waals surface area contributed by atoms with Crippen LogP contribution in [-0.2, 0) is 0 Å². The lowest BCUT2D eigenvalue weighted by Crippen LogP contribution is -2.14. The molecule has 1 nitrogen and oxygen atoms in total. The van der Waals surface area contributed by atoms with Crippen molar-refractivity contribution < 1.29 is 0 Å². The average Bonchev–Trinajstić information content (AvgIpc) is 2.77. The Balaban J connectivity index is 1.60. The first kappa shape index (κ1) is 15.8. The summed E-state index contributed by atoms with van der Waals surface area (Å²) in [4.78, 5) is 4.97. The highest BCUT2D eigenvalue weighted by Gasteiger charge is 2.24. The Morgan fingerprint density at radius 3 is 1.89 bits per heavy atom. The van der Waals surface area contributed by atoms with Gasteiger partial charge in [-0.1, -0.05) is 78.5 Å². The molecule has 132 valence electrons. The van der Waals surface area contributed by atoms with Gasteiger partial charge in [0.05, 0.1) is 11.4 Å². The van der Waals surface area contributed by atoms with E-state index in [4.69, 9.17) is 0 Å². The molecule has 0 spiro atoms. The largest absolute Gasteiger partial charge is 0.308 e. The van der Waals surface area contributed by atoms with E-state index in [0.717, 1.165) is 0 Å². The number of nitrogens with zero attached hydrogens (tertiary/aromatic N) is 1. The molecular weight excluding hydrogens is 358 g/mol. The van der Waals surface area contributed by atoms with E-state index in [2.05, 4.69) is 108 Å². The Morgan fingerprint density at radius 1 is 0.500 bits per heavy atom. The first-order valence-electron chi connectivity index (χ1n) is 9.46. The van der Waals surface area contributed by atoms with Gasteiger partial charge in [-0.3, -0.25) is 0 Å². The van der Waals surface area contributed by atoms with E-state index in [0.29, 0.717) is 0 Å². The van der Waals surface area contributed by atoms with Crippen LogP contribution in [0.15, 0.2) is 113 Å². The zero-order valence-electron chi connectivity index (χ0n) is 15.2. The van der Waals surface area contributed by atoms with Crippen molar-refractivity contribution in [3.8, 4) is 0 Å². The Bertz CT molecular complexity index is 1310. The molecule has 1 aliphatic rings. The maximum Gasteiger partial charge on any atom is 0.0601 e. The van der Waals surface area contributed by atoms with Crippen LogP contribution in [0.1, 0.15) is 0 Å². The maximum absolute atomic E-state index is 2.38. The fourth-order valence-corrected chi connectivity index (χ4v) is 5.18. The summed E-state index contributed by atoms with van der Waals surface area (Å²) >= 11 is 1.84. The van der Waals surface area contributed by atoms with E-state index in [9.17, 15) is 0 Å². The summed E-state index contributed by atoms with van der Waals surface area (Å²) in [5.74, 6) is 0. The van der Waals surface area contributed by atoms with Crippen LogP contribution in [0.3, 0.4) is 0 Å². The van der Waals surface area contributed by atoms with E-state index in [-0.39, 0.29) is 0 Å². The van der Waals surface area contributed by atoms with Gasteiger partial charge in [0.25, 0.3) is 0 Å². The molecule has 0 bridgehead atoms. The van der Waals surface area contributed by atoms with Crippen LogP contribution in [0.2, 0.25) is 0 Å². The standard InChI is InChI=1S/C26H17NS/c1-2-8-21-18(7-1)13-14-19-17-20(15-16-22(19)21)27-23-9-3-5-11-25(23)28-26-12-6-4-10-24(26)27/h1-17H. The van der Waals surface area contributed by atoms with Gasteiger partial charge in [-0.15, -0.1) is 0 Å². The van der Waals surface area contributed by atoms with Gasteiger partial charge in [0.2, 0.25) is 0 Å². The third kappa shape index (κ3) is 2.35. The molecule has 0 amide bonds. The number of rotatable bonds is 1. The molecule has 28 heavy (non-hydrogen) atoms. The van der Waals surface area contributed by atoms with Crippen molar-refractivity contribution in [2.24, 2.45) is 0 Å². The predicted octanol–water partition coefficient (Wildman–Crippen LogP) is 7.93. The van der Waals surface area contributed by atoms with Crippen molar-refractivity contribution in [3.63, 3.8) is 0 Å². The third-order valence-corrected chi connectivity index (χ3v) is 6.55. The van der Waals surface area contributed by atoms with Crippen molar-refractivity contribution in [3.05, 3.63) is 103 Å².